The van der Waals surface area contributed by atoms with E-state index < -0.39 is 0 Å². The van der Waals surface area contributed by atoms with Crippen molar-refractivity contribution in [3.63, 3.8) is 0 Å². The summed E-state index contributed by atoms with van der Waals surface area (Å²) >= 11 is 21.3. The van der Waals surface area contributed by atoms with Gasteiger partial charge in [0.15, 0.2) is 16.6 Å². The maximum Gasteiger partial charge on any atom is 0.281 e. The molecule has 1 aliphatic heterocycles. The molecule has 0 atom stereocenters. The van der Waals surface area contributed by atoms with E-state index in [9.17, 15) is 4.79 Å². The third-order valence-corrected chi connectivity index (χ3v) is 7.37. The molecular weight excluding hydrogens is 599 g/mol. The molecule has 1 fully saturated rings. The molecule has 1 aliphatic rings. The van der Waals surface area contributed by atoms with Gasteiger partial charge in [0.2, 0.25) is 0 Å². The minimum absolute atomic E-state index is 0.230. The maximum atomic E-state index is 13.4. The summed E-state index contributed by atoms with van der Waals surface area (Å²) in [6, 6.07) is 16.2. The number of anilines is 1. The maximum absolute atomic E-state index is 13.4. The molecule has 0 bridgehead atoms. The Labute approximate surface area is 239 Å². The third kappa shape index (κ3) is 5.88. The zero-order chi connectivity index (χ0) is 26.7. The summed E-state index contributed by atoms with van der Waals surface area (Å²) in [7, 11) is 3.32. The Balaban J connectivity index is 1.59. The number of thiocarbonyl (C=S) groups is 1. The smallest absolute Gasteiger partial charge is 0.281 e. The lowest BCUT2D eigenvalue weighted by molar-refractivity contribution is -0.114. The average molecular weight is 622 g/mol. The highest BCUT2D eigenvalue weighted by Gasteiger charge is 2.36. The Hall–Kier alpha value is -2.78. The van der Waals surface area contributed by atoms with Gasteiger partial charge in [0.05, 0.1) is 33.9 Å². The first-order chi connectivity index (χ1) is 17.7. The van der Waals surface area contributed by atoms with Gasteiger partial charge in [0.1, 0.15) is 18.1 Å². The number of nitrogens with zero attached hydrogens (tertiary/aromatic N) is 2. The second-order valence-electron chi connectivity index (χ2n) is 8.01. The number of amides is 1. The number of likely N-dealkylation sites (N-methyl/N-ethyl adjacent to an activating group) is 1. The van der Waals surface area contributed by atoms with Gasteiger partial charge in [-0.05, 0) is 101 Å². The molecule has 3 aromatic carbocycles. The van der Waals surface area contributed by atoms with Gasteiger partial charge in [0.25, 0.3) is 5.91 Å². The van der Waals surface area contributed by atoms with E-state index in [4.69, 9.17) is 49.6 Å². The molecule has 0 radical (unpaired) electrons. The Morgan fingerprint density at radius 3 is 2.41 bits per heavy atom. The van der Waals surface area contributed by atoms with Crippen LogP contribution in [0.2, 0.25) is 10.0 Å². The van der Waals surface area contributed by atoms with Gasteiger partial charge in [-0.3, -0.25) is 9.69 Å². The number of benzene rings is 3. The molecule has 0 unspecified atom stereocenters. The van der Waals surface area contributed by atoms with Crippen LogP contribution in [0.1, 0.15) is 18.1 Å². The quantitative estimate of drug-likeness (QED) is 0.194. The van der Waals surface area contributed by atoms with Gasteiger partial charge in [-0.15, -0.1) is 0 Å². The first kappa shape index (κ1) is 27.3. The van der Waals surface area contributed by atoms with Gasteiger partial charge < -0.3 is 19.1 Å². The van der Waals surface area contributed by atoms with Crippen LogP contribution in [0.3, 0.4) is 0 Å². The summed E-state index contributed by atoms with van der Waals surface area (Å²) in [6.45, 7) is 2.74. The summed E-state index contributed by atoms with van der Waals surface area (Å²) in [5.41, 5.74) is 2.68. The van der Waals surface area contributed by atoms with Crippen LogP contribution in [-0.2, 0) is 11.4 Å². The second kappa shape index (κ2) is 11.7. The van der Waals surface area contributed by atoms with Crippen LogP contribution in [0, 0.1) is 0 Å². The van der Waals surface area contributed by atoms with E-state index in [1.165, 1.54) is 4.90 Å². The monoisotopic (exact) mass is 620 g/mol. The number of carbonyl (C=O) groups excluding carboxylic acids is 1. The predicted octanol–water partition coefficient (Wildman–Crippen LogP) is 7.35. The lowest BCUT2D eigenvalue weighted by Gasteiger charge is -2.16. The Morgan fingerprint density at radius 1 is 1.03 bits per heavy atom. The second-order valence-corrected chi connectivity index (χ2v) is 10.0. The molecule has 192 valence electrons. The minimum Gasteiger partial charge on any atom is -0.494 e. The molecule has 0 aliphatic carbocycles. The number of hydrogen-bond acceptors (Lipinski definition) is 5. The number of ether oxygens (including phenoxy) is 3. The number of rotatable bonds is 8. The molecule has 10 heteroatoms. The van der Waals surface area contributed by atoms with Gasteiger partial charge in [0, 0.05) is 7.05 Å². The van der Waals surface area contributed by atoms with E-state index in [1.54, 1.807) is 43.3 Å². The van der Waals surface area contributed by atoms with Gasteiger partial charge >= 0.3 is 0 Å². The van der Waals surface area contributed by atoms with E-state index in [0.717, 1.165) is 16.9 Å². The highest BCUT2D eigenvalue weighted by Crippen LogP contribution is 2.39. The van der Waals surface area contributed by atoms with Crippen molar-refractivity contribution in [1.82, 2.24) is 4.90 Å². The van der Waals surface area contributed by atoms with Crippen LogP contribution in [0.15, 0.2) is 64.8 Å². The molecule has 1 amide bonds. The Bertz CT molecular complexity index is 1380. The van der Waals surface area contributed by atoms with E-state index in [0.29, 0.717) is 49.1 Å². The summed E-state index contributed by atoms with van der Waals surface area (Å²) in [4.78, 5) is 16.5. The fraction of sp³-hybridized carbons (Fsp3) is 0.185. The van der Waals surface area contributed by atoms with E-state index in [2.05, 4.69) is 15.9 Å². The van der Waals surface area contributed by atoms with Crippen molar-refractivity contribution >= 4 is 74.1 Å². The van der Waals surface area contributed by atoms with Crippen molar-refractivity contribution in [3.8, 4) is 17.2 Å². The highest BCUT2D eigenvalue weighted by molar-refractivity contribution is 9.10. The van der Waals surface area contributed by atoms with E-state index in [1.807, 2.05) is 43.3 Å². The van der Waals surface area contributed by atoms with Crippen LogP contribution in [-0.4, -0.2) is 36.7 Å². The SMILES string of the molecule is CCOc1ccc(N2C(=O)/C(=C/c3cc(Br)c(OCc4ccc(Cl)c(Cl)c4)c(OC)c3)N(C)C2=S)cc1. The number of hydrogen-bond donors (Lipinski definition) is 0. The predicted molar refractivity (Wildman–Crippen MR) is 155 cm³/mol. The molecule has 4 rings (SSSR count). The molecule has 0 saturated carbocycles. The number of halogens is 3. The normalized spacial score (nSPS) is 14.5. The van der Waals surface area contributed by atoms with Crippen molar-refractivity contribution in [2.24, 2.45) is 0 Å². The van der Waals surface area contributed by atoms with Crippen LogP contribution in [0.5, 0.6) is 17.2 Å². The van der Waals surface area contributed by atoms with E-state index >= 15 is 0 Å². The first-order valence-corrected chi connectivity index (χ1v) is 13.2. The number of methoxy groups -OCH3 is 1. The lowest BCUT2D eigenvalue weighted by atomic mass is 10.1. The van der Waals surface area contributed by atoms with Crippen LogP contribution in [0.25, 0.3) is 6.08 Å². The standard InChI is InChI=1S/C27H23BrCl2N2O4S/c1-4-35-19-8-6-18(7-9-19)32-26(33)23(31(2)27(32)37)13-17-11-20(28)25(24(14-17)34-3)36-15-16-5-10-21(29)22(30)12-16/h5-14H,4,15H2,1-3H3/b23-13-. The fourth-order valence-corrected chi connectivity index (χ4v) is 4.93. The molecule has 0 N–H and O–H groups in total. The van der Waals surface area contributed by atoms with Crippen molar-refractivity contribution < 1.29 is 19.0 Å². The zero-order valence-electron chi connectivity index (χ0n) is 20.3. The van der Waals surface area contributed by atoms with Gasteiger partial charge in [-0.1, -0.05) is 29.3 Å². The van der Waals surface area contributed by atoms with E-state index in [-0.39, 0.29) is 12.5 Å². The third-order valence-electron chi connectivity index (χ3n) is 5.59. The van der Waals surface area contributed by atoms with Crippen molar-refractivity contribution in [3.05, 3.63) is 85.9 Å². The Kier molecular flexibility index (Phi) is 8.64. The van der Waals surface area contributed by atoms with Crippen LogP contribution >= 0.6 is 51.3 Å². The zero-order valence-corrected chi connectivity index (χ0v) is 24.2. The lowest BCUT2D eigenvalue weighted by Crippen LogP contribution is -2.31. The molecule has 0 spiro atoms. The highest BCUT2D eigenvalue weighted by atomic mass is 79.9. The van der Waals surface area contributed by atoms with Crippen molar-refractivity contribution in [2.45, 2.75) is 13.5 Å². The fourth-order valence-electron chi connectivity index (χ4n) is 3.75. The largest absolute Gasteiger partial charge is 0.494 e. The number of carbonyl (C=O) groups is 1. The van der Waals surface area contributed by atoms with Crippen molar-refractivity contribution in [1.29, 1.82) is 0 Å². The first-order valence-electron chi connectivity index (χ1n) is 11.2. The summed E-state index contributed by atoms with van der Waals surface area (Å²) in [5, 5.41) is 1.32. The molecule has 3 aromatic rings. The summed E-state index contributed by atoms with van der Waals surface area (Å²) < 4.78 is 17.8. The van der Waals surface area contributed by atoms with Gasteiger partial charge in [-0.2, -0.15) is 0 Å². The Morgan fingerprint density at radius 2 is 1.76 bits per heavy atom. The topological polar surface area (TPSA) is 51.2 Å². The average Bonchev–Trinajstić information content (AvgIpc) is 3.09. The van der Waals surface area contributed by atoms with Crippen LogP contribution < -0.4 is 19.1 Å². The summed E-state index contributed by atoms with van der Waals surface area (Å²) in [6.07, 6.45) is 1.76. The molecule has 6 nitrogen and oxygen atoms in total. The molecule has 1 heterocycles. The minimum atomic E-state index is -0.230. The van der Waals surface area contributed by atoms with Crippen molar-refractivity contribution in [2.75, 3.05) is 25.7 Å². The molecule has 37 heavy (non-hydrogen) atoms. The molecule has 1 saturated heterocycles. The summed E-state index contributed by atoms with van der Waals surface area (Å²) in [5.74, 6) is 1.52. The molecule has 0 aromatic heterocycles. The van der Waals surface area contributed by atoms with Gasteiger partial charge in [-0.25, -0.2) is 0 Å². The van der Waals surface area contributed by atoms with Crippen LogP contribution in [0.4, 0.5) is 5.69 Å². The molecular formula is C27H23BrCl2N2O4S.